The van der Waals surface area contributed by atoms with Crippen molar-refractivity contribution in [2.75, 3.05) is 31.1 Å². The van der Waals surface area contributed by atoms with E-state index < -0.39 is 11.6 Å². The van der Waals surface area contributed by atoms with Gasteiger partial charge in [0.2, 0.25) is 0 Å². The van der Waals surface area contributed by atoms with Gasteiger partial charge in [-0.2, -0.15) is 0 Å². The average Bonchev–Trinajstić information content (AvgIpc) is 3.13. The summed E-state index contributed by atoms with van der Waals surface area (Å²) in [5.41, 5.74) is 0.888. The van der Waals surface area contributed by atoms with E-state index in [-0.39, 0.29) is 5.52 Å². The first-order chi connectivity index (χ1) is 11.2. The summed E-state index contributed by atoms with van der Waals surface area (Å²) < 4.78 is 28.2. The molecular formula is C18H21F2N3. The van der Waals surface area contributed by atoms with Crippen LogP contribution in [0.3, 0.4) is 0 Å². The number of pyridine rings is 1. The van der Waals surface area contributed by atoms with Crippen LogP contribution in [0, 0.1) is 11.6 Å². The molecule has 0 amide bonds. The maximum atomic E-state index is 14.3. The van der Waals surface area contributed by atoms with Crippen molar-refractivity contribution in [3.63, 3.8) is 0 Å². The van der Waals surface area contributed by atoms with Crippen LogP contribution in [-0.2, 0) is 0 Å². The van der Waals surface area contributed by atoms with E-state index in [2.05, 4.69) is 14.8 Å². The standard InChI is InChI=1S/C18H21F2N3/c19-14-5-6-15(20)18-17(14)16(7-8-21-18)23-11-9-22(10-12-23)13-3-1-2-4-13/h5-8,13H,1-4,9-12H2. The highest BCUT2D eigenvalue weighted by atomic mass is 19.1. The summed E-state index contributed by atoms with van der Waals surface area (Å²) in [6, 6.07) is 4.86. The number of fused-ring (bicyclic) bond motifs is 1. The molecule has 1 aromatic heterocycles. The molecular weight excluding hydrogens is 296 g/mol. The molecule has 2 aromatic rings. The van der Waals surface area contributed by atoms with Gasteiger partial charge < -0.3 is 4.90 Å². The minimum absolute atomic E-state index is 0.126. The number of hydrogen-bond acceptors (Lipinski definition) is 3. The largest absolute Gasteiger partial charge is 0.368 e. The third-order valence-corrected chi connectivity index (χ3v) is 5.27. The highest BCUT2D eigenvalue weighted by Crippen LogP contribution is 2.31. The van der Waals surface area contributed by atoms with Gasteiger partial charge in [0.15, 0.2) is 0 Å². The van der Waals surface area contributed by atoms with Gasteiger partial charge in [0.1, 0.15) is 17.2 Å². The number of aromatic nitrogens is 1. The van der Waals surface area contributed by atoms with E-state index in [1.165, 1.54) is 31.7 Å². The fourth-order valence-corrected chi connectivity index (χ4v) is 4.04. The number of anilines is 1. The zero-order valence-electron chi connectivity index (χ0n) is 13.1. The third kappa shape index (κ3) is 2.67. The van der Waals surface area contributed by atoms with Gasteiger partial charge in [-0.1, -0.05) is 12.8 Å². The molecule has 1 saturated heterocycles. The monoisotopic (exact) mass is 317 g/mol. The highest BCUT2D eigenvalue weighted by Gasteiger charge is 2.27. The predicted octanol–water partition coefficient (Wildman–Crippen LogP) is 3.58. The summed E-state index contributed by atoms with van der Waals surface area (Å²) in [6.45, 7) is 3.69. The van der Waals surface area contributed by atoms with E-state index in [4.69, 9.17) is 0 Å². The van der Waals surface area contributed by atoms with Crippen LogP contribution >= 0.6 is 0 Å². The minimum Gasteiger partial charge on any atom is -0.368 e. The van der Waals surface area contributed by atoms with Crippen LogP contribution in [0.4, 0.5) is 14.5 Å². The van der Waals surface area contributed by atoms with Crippen molar-refractivity contribution < 1.29 is 8.78 Å². The van der Waals surface area contributed by atoms with Crippen LogP contribution < -0.4 is 4.90 Å². The summed E-state index contributed by atoms with van der Waals surface area (Å²) in [6.07, 6.45) is 6.86. The van der Waals surface area contributed by atoms with Crippen molar-refractivity contribution in [1.82, 2.24) is 9.88 Å². The van der Waals surface area contributed by atoms with Gasteiger partial charge in [0.05, 0.1) is 11.1 Å². The molecule has 0 spiro atoms. The molecule has 5 heteroatoms. The van der Waals surface area contributed by atoms with Gasteiger partial charge in [0, 0.05) is 38.4 Å². The molecule has 2 heterocycles. The zero-order chi connectivity index (χ0) is 15.8. The van der Waals surface area contributed by atoms with E-state index in [1.54, 1.807) is 12.3 Å². The molecule has 0 N–H and O–H groups in total. The Balaban J connectivity index is 1.60. The van der Waals surface area contributed by atoms with E-state index in [9.17, 15) is 8.78 Å². The van der Waals surface area contributed by atoms with Crippen LogP contribution in [0.15, 0.2) is 24.4 Å². The molecule has 2 aliphatic rings. The summed E-state index contributed by atoms with van der Waals surface area (Å²) >= 11 is 0. The second kappa shape index (κ2) is 6.04. The van der Waals surface area contributed by atoms with Gasteiger partial charge in [0.25, 0.3) is 0 Å². The van der Waals surface area contributed by atoms with E-state index in [0.29, 0.717) is 5.39 Å². The molecule has 0 atom stereocenters. The average molecular weight is 317 g/mol. The van der Waals surface area contributed by atoms with Crippen LogP contribution in [-0.4, -0.2) is 42.1 Å². The fraction of sp³-hybridized carbons (Fsp3) is 0.500. The molecule has 3 nitrogen and oxygen atoms in total. The molecule has 1 aromatic carbocycles. The summed E-state index contributed by atoms with van der Waals surface area (Å²) in [4.78, 5) is 8.75. The molecule has 1 aliphatic carbocycles. The van der Waals surface area contributed by atoms with Gasteiger partial charge in [-0.25, -0.2) is 8.78 Å². The Bertz CT molecular complexity index is 705. The first-order valence-electron chi connectivity index (χ1n) is 8.46. The normalized spacial score (nSPS) is 20.5. The molecule has 2 fully saturated rings. The minimum atomic E-state index is -0.465. The number of halogens is 2. The molecule has 1 aliphatic heterocycles. The predicted molar refractivity (Wildman–Crippen MR) is 87.7 cm³/mol. The Morgan fingerprint density at radius 3 is 2.35 bits per heavy atom. The topological polar surface area (TPSA) is 19.4 Å². The summed E-state index contributed by atoms with van der Waals surface area (Å²) in [5, 5.41) is 0.307. The summed E-state index contributed by atoms with van der Waals surface area (Å²) in [5.74, 6) is -0.865. The van der Waals surface area contributed by atoms with E-state index in [1.807, 2.05) is 0 Å². The third-order valence-electron chi connectivity index (χ3n) is 5.27. The first-order valence-corrected chi connectivity index (χ1v) is 8.46. The number of hydrogen-bond donors (Lipinski definition) is 0. The van der Waals surface area contributed by atoms with Crippen LogP contribution in [0.5, 0.6) is 0 Å². The number of nitrogens with zero attached hydrogens (tertiary/aromatic N) is 3. The van der Waals surface area contributed by atoms with Gasteiger partial charge in [-0.15, -0.1) is 0 Å². The molecule has 122 valence electrons. The van der Waals surface area contributed by atoms with Crippen molar-refractivity contribution in [3.05, 3.63) is 36.0 Å². The van der Waals surface area contributed by atoms with Crippen molar-refractivity contribution in [2.24, 2.45) is 0 Å². The Hall–Kier alpha value is -1.75. The molecule has 0 bridgehead atoms. The lowest BCUT2D eigenvalue weighted by Gasteiger charge is -2.39. The van der Waals surface area contributed by atoms with Gasteiger partial charge in [-0.05, 0) is 31.0 Å². The zero-order valence-corrected chi connectivity index (χ0v) is 13.1. The lowest BCUT2D eigenvalue weighted by atomic mass is 10.1. The fourth-order valence-electron chi connectivity index (χ4n) is 4.04. The molecule has 0 unspecified atom stereocenters. The van der Waals surface area contributed by atoms with Crippen molar-refractivity contribution in [2.45, 2.75) is 31.7 Å². The van der Waals surface area contributed by atoms with Gasteiger partial charge in [-0.3, -0.25) is 9.88 Å². The molecule has 1 saturated carbocycles. The maximum absolute atomic E-state index is 14.3. The Morgan fingerprint density at radius 1 is 0.913 bits per heavy atom. The van der Waals surface area contributed by atoms with Crippen molar-refractivity contribution in [3.8, 4) is 0 Å². The Kier molecular flexibility index (Phi) is 3.89. The quantitative estimate of drug-likeness (QED) is 0.844. The summed E-state index contributed by atoms with van der Waals surface area (Å²) in [7, 11) is 0. The van der Waals surface area contributed by atoms with Crippen LogP contribution in [0.25, 0.3) is 10.9 Å². The lowest BCUT2D eigenvalue weighted by Crippen LogP contribution is -2.49. The highest BCUT2D eigenvalue weighted by molar-refractivity contribution is 5.92. The smallest absolute Gasteiger partial charge is 0.149 e. The van der Waals surface area contributed by atoms with E-state index in [0.717, 1.165) is 44.0 Å². The maximum Gasteiger partial charge on any atom is 0.149 e. The number of piperazine rings is 1. The Labute approximate surface area is 134 Å². The number of benzene rings is 1. The SMILES string of the molecule is Fc1ccc(F)c2c(N3CCN(C4CCCC4)CC3)ccnc12. The van der Waals surface area contributed by atoms with Crippen LogP contribution in [0.1, 0.15) is 25.7 Å². The lowest BCUT2D eigenvalue weighted by molar-refractivity contribution is 0.187. The van der Waals surface area contributed by atoms with Crippen molar-refractivity contribution >= 4 is 16.6 Å². The molecule has 23 heavy (non-hydrogen) atoms. The second-order valence-corrected chi connectivity index (χ2v) is 6.54. The Morgan fingerprint density at radius 2 is 1.61 bits per heavy atom. The number of rotatable bonds is 2. The molecule has 4 rings (SSSR count). The van der Waals surface area contributed by atoms with Crippen LogP contribution in [0.2, 0.25) is 0 Å². The first kappa shape index (κ1) is 14.8. The second-order valence-electron chi connectivity index (χ2n) is 6.54. The van der Waals surface area contributed by atoms with Gasteiger partial charge >= 0.3 is 0 Å². The van der Waals surface area contributed by atoms with E-state index >= 15 is 0 Å². The van der Waals surface area contributed by atoms with Crippen molar-refractivity contribution in [1.29, 1.82) is 0 Å². The molecule has 0 radical (unpaired) electrons.